The minimum Gasteiger partial charge on any atom is -0.416 e. The van der Waals surface area contributed by atoms with Crippen LogP contribution in [0.2, 0.25) is 0 Å². The van der Waals surface area contributed by atoms with Crippen molar-refractivity contribution in [3.8, 4) is 22.9 Å². The van der Waals surface area contributed by atoms with Crippen molar-refractivity contribution in [3.05, 3.63) is 60.2 Å². The molecule has 1 aromatic heterocycles. The number of nitrogens with zero attached hydrogens (tertiary/aromatic N) is 2. The minimum atomic E-state index is 0.284. The summed E-state index contributed by atoms with van der Waals surface area (Å²) in [6.45, 7) is 0. The second kappa shape index (κ2) is 4.97. The fraction of sp³-hybridized carbons (Fsp3) is 0. The molecule has 98 valence electrons. The lowest BCUT2D eigenvalue weighted by atomic mass is 10.1. The first-order chi connectivity index (χ1) is 9.74. The summed E-state index contributed by atoms with van der Waals surface area (Å²) in [6.07, 6.45) is 0. The van der Waals surface area contributed by atoms with Gasteiger partial charge in [-0.15, -0.1) is 10.2 Å². The molecule has 1 heterocycles. The number of rotatable bonds is 3. The van der Waals surface area contributed by atoms with Gasteiger partial charge in [0.2, 0.25) is 11.8 Å². The van der Waals surface area contributed by atoms with Gasteiger partial charge < -0.3 is 4.42 Å². The van der Waals surface area contributed by atoms with Gasteiger partial charge in [-0.3, -0.25) is 11.1 Å². The Morgan fingerprint density at radius 2 is 1.40 bits per heavy atom. The Labute approximate surface area is 115 Å². The molecule has 0 amide bonds. The molecule has 0 aliphatic carbocycles. The van der Waals surface area contributed by atoms with Crippen molar-refractivity contribution in [2.75, 3.05) is 0 Å². The fourth-order valence-electron chi connectivity index (χ4n) is 1.84. The van der Waals surface area contributed by atoms with Crippen LogP contribution in [-0.4, -0.2) is 16.0 Å². The summed E-state index contributed by atoms with van der Waals surface area (Å²) >= 11 is 0. The third-order valence-corrected chi connectivity index (χ3v) is 2.91. The second-order valence-corrected chi connectivity index (χ2v) is 4.31. The van der Waals surface area contributed by atoms with Crippen molar-refractivity contribution in [1.29, 1.82) is 0 Å². The Morgan fingerprint density at radius 3 is 1.95 bits per heavy atom. The van der Waals surface area contributed by atoms with Crippen LogP contribution in [0, 0.1) is 0 Å². The lowest BCUT2D eigenvalue weighted by Gasteiger charge is -1.96. The number of amidine groups is 1. The van der Waals surface area contributed by atoms with E-state index in [1.165, 1.54) is 0 Å². The van der Waals surface area contributed by atoms with Crippen molar-refractivity contribution in [2.45, 2.75) is 0 Å². The molecular formula is C15H13N4O+. The van der Waals surface area contributed by atoms with E-state index in [0.29, 0.717) is 11.8 Å². The smallest absolute Gasteiger partial charge is 0.270 e. The van der Waals surface area contributed by atoms with E-state index in [-0.39, 0.29) is 5.84 Å². The summed E-state index contributed by atoms with van der Waals surface area (Å²) in [6, 6.07) is 17.0. The van der Waals surface area contributed by atoms with Gasteiger partial charge in [-0.25, -0.2) is 0 Å². The summed E-state index contributed by atoms with van der Waals surface area (Å²) < 4.78 is 5.66. The van der Waals surface area contributed by atoms with Gasteiger partial charge in [-0.1, -0.05) is 18.2 Å². The zero-order valence-electron chi connectivity index (χ0n) is 10.7. The van der Waals surface area contributed by atoms with Crippen molar-refractivity contribution in [2.24, 2.45) is 5.73 Å². The SMILES string of the molecule is NC(=[NH2+])c1ccc(-c2nnc(-c3ccccc3)o2)cc1. The molecule has 0 fully saturated rings. The van der Waals surface area contributed by atoms with E-state index in [0.717, 1.165) is 16.7 Å². The van der Waals surface area contributed by atoms with Crippen LogP contribution in [0.3, 0.4) is 0 Å². The number of nitrogens with two attached hydrogens (primary N) is 2. The lowest BCUT2D eigenvalue weighted by molar-refractivity contribution is -0.114. The first kappa shape index (κ1) is 12.1. The fourth-order valence-corrected chi connectivity index (χ4v) is 1.84. The van der Waals surface area contributed by atoms with Crippen LogP contribution < -0.4 is 11.1 Å². The predicted octanol–water partition coefficient (Wildman–Crippen LogP) is 0.868. The van der Waals surface area contributed by atoms with Crippen molar-refractivity contribution in [3.63, 3.8) is 0 Å². The van der Waals surface area contributed by atoms with Gasteiger partial charge >= 0.3 is 0 Å². The van der Waals surface area contributed by atoms with E-state index in [1.807, 2.05) is 54.6 Å². The molecule has 5 nitrogen and oxygen atoms in total. The summed E-state index contributed by atoms with van der Waals surface area (Å²) in [5, 5.41) is 13.6. The molecular weight excluding hydrogens is 252 g/mol. The molecule has 0 saturated heterocycles. The van der Waals surface area contributed by atoms with E-state index < -0.39 is 0 Å². The van der Waals surface area contributed by atoms with E-state index in [4.69, 9.17) is 15.6 Å². The molecule has 3 aromatic rings. The monoisotopic (exact) mass is 265 g/mol. The van der Waals surface area contributed by atoms with Crippen LogP contribution in [-0.2, 0) is 0 Å². The predicted molar refractivity (Wildman–Crippen MR) is 75.4 cm³/mol. The molecule has 2 aromatic carbocycles. The zero-order chi connectivity index (χ0) is 13.9. The van der Waals surface area contributed by atoms with E-state index in [2.05, 4.69) is 10.2 Å². The highest BCUT2D eigenvalue weighted by Gasteiger charge is 2.10. The minimum absolute atomic E-state index is 0.284. The number of hydrogen-bond donors (Lipinski definition) is 2. The Bertz CT molecular complexity index is 732. The van der Waals surface area contributed by atoms with Gasteiger partial charge in [0.15, 0.2) is 0 Å². The van der Waals surface area contributed by atoms with Crippen LogP contribution >= 0.6 is 0 Å². The standard InChI is InChI=1S/C15H12N4O/c16-13(17)10-6-8-12(9-7-10)15-19-18-14(20-15)11-4-2-1-3-5-11/h1-9H,(H3,16,17)/p+1. The molecule has 3 rings (SSSR count). The molecule has 5 heteroatoms. The highest BCUT2D eigenvalue weighted by molar-refractivity contribution is 5.92. The molecule has 0 bridgehead atoms. The second-order valence-electron chi connectivity index (χ2n) is 4.31. The van der Waals surface area contributed by atoms with Crippen LogP contribution in [0.15, 0.2) is 59.0 Å². The Hall–Kier alpha value is -2.95. The summed E-state index contributed by atoms with van der Waals surface area (Å²) in [5.41, 5.74) is 8.02. The van der Waals surface area contributed by atoms with E-state index in [1.54, 1.807) is 0 Å². The molecule has 0 saturated carbocycles. The molecule has 4 N–H and O–H groups in total. The molecule has 0 aliphatic heterocycles. The Morgan fingerprint density at radius 1 is 0.850 bits per heavy atom. The molecule has 20 heavy (non-hydrogen) atoms. The third kappa shape index (κ3) is 2.29. The first-order valence-corrected chi connectivity index (χ1v) is 6.11. The van der Waals surface area contributed by atoms with E-state index in [9.17, 15) is 0 Å². The van der Waals surface area contributed by atoms with Gasteiger partial charge in [0.25, 0.3) is 5.84 Å². The van der Waals surface area contributed by atoms with Gasteiger partial charge in [-0.2, -0.15) is 0 Å². The van der Waals surface area contributed by atoms with Crippen LogP contribution in [0.5, 0.6) is 0 Å². The maximum atomic E-state index is 5.66. The third-order valence-electron chi connectivity index (χ3n) is 2.91. The Balaban J connectivity index is 1.92. The number of benzene rings is 2. The number of aromatic nitrogens is 2. The molecule has 0 radical (unpaired) electrons. The zero-order valence-corrected chi connectivity index (χ0v) is 10.7. The molecule has 0 spiro atoms. The van der Waals surface area contributed by atoms with E-state index >= 15 is 0 Å². The number of hydrogen-bond acceptors (Lipinski definition) is 3. The summed E-state index contributed by atoms with van der Waals surface area (Å²) in [4.78, 5) is 0. The highest BCUT2D eigenvalue weighted by atomic mass is 16.4. The van der Waals surface area contributed by atoms with Crippen molar-refractivity contribution in [1.82, 2.24) is 10.2 Å². The van der Waals surface area contributed by atoms with Crippen LogP contribution in [0.25, 0.3) is 22.9 Å². The van der Waals surface area contributed by atoms with Crippen molar-refractivity contribution >= 4 is 5.84 Å². The normalized spacial score (nSPS) is 10.4. The maximum Gasteiger partial charge on any atom is 0.270 e. The highest BCUT2D eigenvalue weighted by Crippen LogP contribution is 2.23. The van der Waals surface area contributed by atoms with Gasteiger partial charge in [0.1, 0.15) is 0 Å². The quantitative estimate of drug-likeness (QED) is 0.543. The summed E-state index contributed by atoms with van der Waals surface area (Å²) in [5.74, 6) is 1.24. The van der Waals surface area contributed by atoms with Crippen molar-refractivity contribution < 1.29 is 9.83 Å². The molecule has 0 unspecified atom stereocenters. The maximum absolute atomic E-state index is 5.66. The van der Waals surface area contributed by atoms with Crippen LogP contribution in [0.4, 0.5) is 0 Å². The summed E-state index contributed by atoms with van der Waals surface area (Å²) in [7, 11) is 0. The average molecular weight is 265 g/mol. The lowest BCUT2D eigenvalue weighted by Crippen LogP contribution is -2.46. The molecule has 0 aliphatic rings. The van der Waals surface area contributed by atoms with Gasteiger partial charge in [-0.05, 0) is 36.4 Å². The van der Waals surface area contributed by atoms with Gasteiger partial charge in [0.05, 0.1) is 5.56 Å². The Kier molecular flexibility index (Phi) is 3.01. The van der Waals surface area contributed by atoms with Gasteiger partial charge in [0, 0.05) is 11.1 Å². The largest absolute Gasteiger partial charge is 0.416 e. The molecule has 0 atom stereocenters. The average Bonchev–Trinajstić information content (AvgIpc) is 2.98. The van der Waals surface area contributed by atoms with Crippen LogP contribution in [0.1, 0.15) is 5.56 Å². The first-order valence-electron chi connectivity index (χ1n) is 6.11. The topological polar surface area (TPSA) is 90.5 Å².